The molecule has 0 amide bonds. The van der Waals surface area contributed by atoms with Crippen LogP contribution in [0.5, 0.6) is 0 Å². The number of nitrogens with zero attached hydrogens (tertiary/aromatic N) is 1. The summed E-state index contributed by atoms with van der Waals surface area (Å²) < 4.78 is 2.02. The Bertz CT molecular complexity index is 376. The lowest BCUT2D eigenvalue weighted by atomic mass is 10.1. The number of nitrogen functional groups attached to an aromatic ring is 1. The van der Waals surface area contributed by atoms with E-state index in [4.69, 9.17) is 5.73 Å². The average molecular weight is 364 g/mol. The van der Waals surface area contributed by atoms with E-state index in [0.717, 1.165) is 21.2 Å². The molecule has 1 rings (SSSR count). The third-order valence-electron chi connectivity index (χ3n) is 3.17. The zero-order chi connectivity index (χ0) is 13.0. The summed E-state index contributed by atoms with van der Waals surface area (Å²) in [5, 5.41) is 0. The van der Waals surface area contributed by atoms with Crippen molar-refractivity contribution in [1.29, 1.82) is 0 Å². The third kappa shape index (κ3) is 3.97. The summed E-state index contributed by atoms with van der Waals surface area (Å²) >= 11 is 6.99. The molecule has 2 N–H and O–H groups in total. The summed E-state index contributed by atoms with van der Waals surface area (Å²) in [6.07, 6.45) is 2.34. The lowest BCUT2D eigenvalue weighted by Gasteiger charge is -2.26. The van der Waals surface area contributed by atoms with Crippen molar-refractivity contribution >= 4 is 37.5 Å². The van der Waals surface area contributed by atoms with Crippen molar-refractivity contribution in [1.82, 2.24) is 4.90 Å². The summed E-state index contributed by atoms with van der Waals surface area (Å²) in [5.74, 6) is 0. The number of nitrogens with two attached hydrogens (primary N) is 1. The summed E-state index contributed by atoms with van der Waals surface area (Å²) in [6.45, 7) is 5.34. The van der Waals surface area contributed by atoms with Gasteiger partial charge >= 0.3 is 0 Å². The van der Waals surface area contributed by atoms with Crippen LogP contribution in [-0.4, -0.2) is 18.0 Å². The van der Waals surface area contributed by atoms with Gasteiger partial charge in [-0.25, -0.2) is 0 Å². The van der Waals surface area contributed by atoms with E-state index in [1.807, 2.05) is 6.07 Å². The molecule has 0 bridgehead atoms. The van der Waals surface area contributed by atoms with Gasteiger partial charge in [0.1, 0.15) is 0 Å². The standard InChI is InChI=1S/C13H20Br2N2/c1-4-11(5-2)17(3)8-9-6-10(14)7-12(15)13(9)16/h6-7,11H,4-5,8,16H2,1-3H3. The van der Waals surface area contributed by atoms with Gasteiger partial charge in [0.25, 0.3) is 0 Å². The first-order valence-electron chi connectivity index (χ1n) is 5.93. The maximum Gasteiger partial charge on any atom is 0.0504 e. The molecule has 0 heterocycles. The molecule has 2 nitrogen and oxygen atoms in total. The molecule has 1 aromatic rings. The van der Waals surface area contributed by atoms with Gasteiger partial charge in [-0.2, -0.15) is 0 Å². The highest BCUT2D eigenvalue weighted by molar-refractivity contribution is 9.11. The van der Waals surface area contributed by atoms with Gasteiger partial charge in [-0.05, 0) is 53.5 Å². The lowest BCUT2D eigenvalue weighted by molar-refractivity contribution is 0.222. The van der Waals surface area contributed by atoms with E-state index in [2.05, 4.69) is 63.7 Å². The molecule has 96 valence electrons. The molecule has 0 aliphatic carbocycles. The number of halogens is 2. The molecule has 0 fully saturated rings. The number of hydrogen-bond acceptors (Lipinski definition) is 2. The zero-order valence-corrected chi connectivity index (χ0v) is 13.8. The molecule has 17 heavy (non-hydrogen) atoms. The predicted octanol–water partition coefficient (Wildman–Crippen LogP) is 4.41. The summed E-state index contributed by atoms with van der Waals surface area (Å²) in [6, 6.07) is 4.70. The van der Waals surface area contributed by atoms with Crippen LogP contribution in [0.15, 0.2) is 21.1 Å². The molecule has 0 aliphatic heterocycles. The minimum Gasteiger partial charge on any atom is -0.398 e. The molecule has 0 saturated heterocycles. The summed E-state index contributed by atoms with van der Waals surface area (Å²) in [4.78, 5) is 2.37. The predicted molar refractivity (Wildman–Crippen MR) is 82.1 cm³/mol. The quantitative estimate of drug-likeness (QED) is 0.785. The fraction of sp³-hybridized carbons (Fsp3) is 0.538. The molecule has 0 radical (unpaired) electrons. The van der Waals surface area contributed by atoms with Crippen LogP contribution < -0.4 is 5.73 Å². The molecule has 0 aromatic heterocycles. The van der Waals surface area contributed by atoms with Crippen LogP contribution >= 0.6 is 31.9 Å². The lowest BCUT2D eigenvalue weighted by Crippen LogP contribution is -2.30. The van der Waals surface area contributed by atoms with Gasteiger partial charge in [-0.1, -0.05) is 29.8 Å². The molecule has 0 saturated carbocycles. The van der Waals surface area contributed by atoms with Crippen molar-refractivity contribution in [2.45, 2.75) is 39.3 Å². The van der Waals surface area contributed by atoms with Crippen molar-refractivity contribution in [3.8, 4) is 0 Å². The van der Waals surface area contributed by atoms with E-state index < -0.39 is 0 Å². The van der Waals surface area contributed by atoms with Crippen LogP contribution in [0.4, 0.5) is 5.69 Å². The monoisotopic (exact) mass is 362 g/mol. The minimum atomic E-state index is 0.618. The van der Waals surface area contributed by atoms with Gasteiger partial charge in [0.15, 0.2) is 0 Å². The first kappa shape index (κ1) is 15.0. The Balaban J connectivity index is 2.87. The molecular formula is C13H20Br2N2. The van der Waals surface area contributed by atoms with Gasteiger partial charge in [-0.15, -0.1) is 0 Å². The number of rotatable bonds is 5. The summed E-state index contributed by atoms with van der Waals surface area (Å²) in [7, 11) is 2.16. The molecule has 0 spiro atoms. The van der Waals surface area contributed by atoms with Gasteiger partial charge in [-0.3, -0.25) is 4.90 Å². The van der Waals surface area contributed by atoms with E-state index >= 15 is 0 Å². The topological polar surface area (TPSA) is 29.3 Å². The molecule has 0 atom stereocenters. The van der Waals surface area contributed by atoms with E-state index in [1.54, 1.807) is 0 Å². The first-order chi connectivity index (χ1) is 7.99. The largest absolute Gasteiger partial charge is 0.398 e. The third-order valence-corrected chi connectivity index (χ3v) is 4.28. The highest BCUT2D eigenvalue weighted by Crippen LogP contribution is 2.29. The fourth-order valence-electron chi connectivity index (χ4n) is 2.08. The fourth-order valence-corrected chi connectivity index (χ4v) is 3.39. The first-order valence-corrected chi connectivity index (χ1v) is 7.51. The van der Waals surface area contributed by atoms with Crippen molar-refractivity contribution in [2.24, 2.45) is 0 Å². The van der Waals surface area contributed by atoms with Crippen LogP contribution in [0.1, 0.15) is 32.3 Å². The average Bonchev–Trinajstić information content (AvgIpc) is 2.27. The second kappa shape index (κ2) is 6.76. The SMILES string of the molecule is CCC(CC)N(C)Cc1cc(Br)cc(Br)c1N. The second-order valence-electron chi connectivity index (χ2n) is 4.35. The van der Waals surface area contributed by atoms with Crippen LogP contribution in [0.3, 0.4) is 0 Å². The molecular weight excluding hydrogens is 344 g/mol. The Hall–Kier alpha value is -0.0600. The Morgan fingerprint density at radius 3 is 2.35 bits per heavy atom. The van der Waals surface area contributed by atoms with Gasteiger partial charge in [0.05, 0.1) is 5.69 Å². The van der Waals surface area contributed by atoms with Crippen molar-refractivity contribution in [3.05, 3.63) is 26.6 Å². The summed E-state index contributed by atoms with van der Waals surface area (Å²) in [5.41, 5.74) is 8.09. The highest BCUT2D eigenvalue weighted by atomic mass is 79.9. The Morgan fingerprint density at radius 1 is 1.24 bits per heavy atom. The van der Waals surface area contributed by atoms with E-state index in [1.165, 1.54) is 18.4 Å². The van der Waals surface area contributed by atoms with Crippen molar-refractivity contribution in [2.75, 3.05) is 12.8 Å². The minimum absolute atomic E-state index is 0.618. The Labute approximate surface area is 121 Å². The number of benzene rings is 1. The van der Waals surface area contributed by atoms with Crippen LogP contribution in [-0.2, 0) is 6.54 Å². The maximum atomic E-state index is 6.09. The molecule has 4 heteroatoms. The zero-order valence-electron chi connectivity index (χ0n) is 10.6. The molecule has 1 aromatic carbocycles. The van der Waals surface area contributed by atoms with E-state index in [0.29, 0.717) is 6.04 Å². The Morgan fingerprint density at radius 2 is 1.82 bits per heavy atom. The number of anilines is 1. The van der Waals surface area contributed by atoms with Crippen LogP contribution in [0, 0.1) is 0 Å². The highest BCUT2D eigenvalue weighted by Gasteiger charge is 2.13. The molecule has 0 unspecified atom stereocenters. The van der Waals surface area contributed by atoms with E-state index in [9.17, 15) is 0 Å². The smallest absolute Gasteiger partial charge is 0.0504 e. The maximum absolute atomic E-state index is 6.09. The normalized spacial score (nSPS) is 11.5. The molecule has 0 aliphatic rings. The van der Waals surface area contributed by atoms with Gasteiger partial charge in [0, 0.05) is 21.5 Å². The van der Waals surface area contributed by atoms with Crippen LogP contribution in [0.25, 0.3) is 0 Å². The Kier molecular flexibility index (Phi) is 5.97. The van der Waals surface area contributed by atoms with Crippen LogP contribution in [0.2, 0.25) is 0 Å². The van der Waals surface area contributed by atoms with Crippen molar-refractivity contribution in [3.63, 3.8) is 0 Å². The van der Waals surface area contributed by atoms with Gasteiger partial charge < -0.3 is 5.73 Å². The van der Waals surface area contributed by atoms with Crippen molar-refractivity contribution < 1.29 is 0 Å². The number of hydrogen-bond donors (Lipinski definition) is 1. The van der Waals surface area contributed by atoms with E-state index in [-0.39, 0.29) is 0 Å². The van der Waals surface area contributed by atoms with Gasteiger partial charge in [0.2, 0.25) is 0 Å². The second-order valence-corrected chi connectivity index (χ2v) is 6.12.